The molecule has 0 fully saturated rings. The van der Waals surface area contributed by atoms with E-state index in [1.54, 1.807) is 26.0 Å². The Labute approximate surface area is 139 Å². The fraction of sp³-hybridized carbons (Fsp3) is 0.125. The van der Waals surface area contributed by atoms with Gasteiger partial charge in [-0.25, -0.2) is 8.42 Å². The maximum atomic E-state index is 12.6. The lowest BCUT2D eigenvalue weighted by Gasteiger charge is -2.15. The van der Waals surface area contributed by atoms with Crippen LogP contribution in [0.4, 0.5) is 5.69 Å². The lowest BCUT2D eigenvalue weighted by Crippen LogP contribution is -2.24. The number of benzene rings is 2. The van der Waals surface area contributed by atoms with Gasteiger partial charge in [-0.1, -0.05) is 12.1 Å². The molecule has 0 radical (unpaired) electrons. The van der Waals surface area contributed by atoms with Gasteiger partial charge in [-0.05, 0) is 54.8 Å². The van der Waals surface area contributed by atoms with Crippen LogP contribution in [0.5, 0.6) is 0 Å². The Balaban J connectivity index is 2.57. The van der Waals surface area contributed by atoms with Crippen molar-refractivity contribution in [2.24, 2.45) is 5.73 Å². The van der Waals surface area contributed by atoms with E-state index in [0.29, 0.717) is 11.1 Å². The molecule has 0 atom stereocenters. The van der Waals surface area contributed by atoms with E-state index in [-0.39, 0.29) is 21.7 Å². The topological polar surface area (TPSA) is 129 Å². The van der Waals surface area contributed by atoms with Crippen molar-refractivity contribution < 1.29 is 23.1 Å². The van der Waals surface area contributed by atoms with Gasteiger partial charge in [-0.2, -0.15) is 0 Å². The first-order valence-corrected chi connectivity index (χ1v) is 8.36. The number of rotatable bonds is 5. The van der Waals surface area contributed by atoms with Gasteiger partial charge in [0, 0.05) is 0 Å². The average molecular weight is 347 g/mol. The Morgan fingerprint density at radius 2 is 1.75 bits per heavy atom. The van der Waals surface area contributed by atoms with Gasteiger partial charge < -0.3 is 15.6 Å². The number of anilines is 1. The molecule has 24 heavy (non-hydrogen) atoms. The highest BCUT2D eigenvalue weighted by atomic mass is 32.2. The number of carboxylic acid groups (broad SMARTS) is 1. The molecule has 0 heterocycles. The lowest BCUT2D eigenvalue weighted by molar-refractivity contribution is -0.255. The Bertz CT molecular complexity index is 935. The van der Waals surface area contributed by atoms with E-state index in [1.165, 1.54) is 18.2 Å². The van der Waals surface area contributed by atoms with Crippen LogP contribution in [0.15, 0.2) is 41.3 Å². The van der Waals surface area contributed by atoms with Gasteiger partial charge in [-0.15, -0.1) is 0 Å². The first-order valence-electron chi connectivity index (χ1n) is 6.87. The number of hydrogen-bond donors (Lipinski definition) is 2. The Morgan fingerprint density at radius 3 is 2.33 bits per heavy atom. The molecule has 3 N–H and O–H groups in total. The minimum absolute atomic E-state index is 0.00602. The first kappa shape index (κ1) is 17.5. The van der Waals surface area contributed by atoms with Crippen LogP contribution in [-0.2, 0) is 10.0 Å². The minimum Gasteiger partial charge on any atom is -0.545 e. The molecule has 0 aliphatic heterocycles. The highest BCUT2D eigenvalue weighted by Gasteiger charge is 2.21. The van der Waals surface area contributed by atoms with Crippen LogP contribution in [0.25, 0.3) is 0 Å². The third-order valence-corrected chi connectivity index (χ3v) is 5.07. The molecule has 0 saturated heterocycles. The van der Waals surface area contributed by atoms with Crippen LogP contribution >= 0.6 is 0 Å². The zero-order valence-corrected chi connectivity index (χ0v) is 13.8. The zero-order valence-electron chi connectivity index (χ0n) is 13.0. The quantitative estimate of drug-likeness (QED) is 0.816. The van der Waals surface area contributed by atoms with E-state index in [4.69, 9.17) is 5.73 Å². The molecule has 1 amide bonds. The molecule has 0 aliphatic rings. The standard InChI is InChI=1S/C16H16N2O5S/c1-9-7-11(16(20)21)8-14(10(9)2)24(22,23)18-13-6-4-3-5-12(13)15(17)19/h3-8,18H,1-2H3,(H2,17,19)(H,20,21)/p-1. The summed E-state index contributed by atoms with van der Waals surface area (Å²) in [6.07, 6.45) is 0. The number of nitrogens with one attached hydrogen (secondary N) is 1. The molecule has 2 aromatic rings. The van der Waals surface area contributed by atoms with Crippen molar-refractivity contribution in [3.63, 3.8) is 0 Å². The summed E-state index contributed by atoms with van der Waals surface area (Å²) < 4.78 is 27.6. The second kappa shape index (κ2) is 6.32. The largest absolute Gasteiger partial charge is 0.545 e. The maximum absolute atomic E-state index is 12.6. The maximum Gasteiger partial charge on any atom is 0.262 e. The average Bonchev–Trinajstić information content (AvgIpc) is 2.49. The number of para-hydroxylation sites is 1. The summed E-state index contributed by atoms with van der Waals surface area (Å²) in [4.78, 5) is 22.3. The van der Waals surface area contributed by atoms with Crippen LogP contribution in [0.2, 0.25) is 0 Å². The molecule has 2 aromatic carbocycles. The van der Waals surface area contributed by atoms with Gasteiger partial charge in [0.25, 0.3) is 15.9 Å². The highest BCUT2D eigenvalue weighted by molar-refractivity contribution is 7.92. The van der Waals surface area contributed by atoms with Crippen molar-refractivity contribution in [3.8, 4) is 0 Å². The fourth-order valence-electron chi connectivity index (χ4n) is 2.21. The van der Waals surface area contributed by atoms with Crippen molar-refractivity contribution in [1.29, 1.82) is 0 Å². The minimum atomic E-state index is -4.13. The number of nitrogens with two attached hydrogens (primary N) is 1. The van der Waals surface area contributed by atoms with Crippen LogP contribution in [-0.4, -0.2) is 20.3 Å². The summed E-state index contributed by atoms with van der Waals surface area (Å²) in [5, 5.41) is 11.1. The van der Waals surface area contributed by atoms with Crippen molar-refractivity contribution in [2.75, 3.05) is 4.72 Å². The molecule has 8 heteroatoms. The SMILES string of the molecule is Cc1cc(C(=O)[O-])cc(S(=O)(=O)Nc2ccccc2C(N)=O)c1C. The molecule has 0 saturated carbocycles. The number of sulfonamides is 1. The van der Waals surface area contributed by atoms with E-state index in [0.717, 1.165) is 6.07 Å². The second-order valence-corrected chi connectivity index (χ2v) is 6.87. The van der Waals surface area contributed by atoms with E-state index >= 15 is 0 Å². The number of aromatic carboxylic acids is 1. The zero-order chi connectivity index (χ0) is 18.1. The third kappa shape index (κ3) is 3.38. The first-order chi connectivity index (χ1) is 11.1. The smallest absolute Gasteiger partial charge is 0.262 e. The number of hydrogen-bond acceptors (Lipinski definition) is 5. The number of primary amides is 1. The van der Waals surface area contributed by atoms with Crippen molar-refractivity contribution in [3.05, 3.63) is 58.7 Å². The number of aryl methyl sites for hydroxylation is 1. The monoisotopic (exact) mass is 347 g/mol. The van der Waals surface area contributed by atoms with Crippen molar-refractivity contribution in [2.45, 2.75) is 18.7 Å². The molecule has 0 aromatic heterocycles. The van der Waals surface area contributed by atoms with E-state index in [1.807, 2.05) is 0 Å². The van der Waals surface area contributed by atoms with Gasteiger partial charge in [0.1, 0.15) is 0 Å². The Hall–Kier alpha value is -2.87. The van der Waals surface area contributed by atoms with Crippen LogP contribution in [0.1, 0.15) is 31.8 Å². The summed E-state index contributed by atoms with van der Waals surface area (Å²) in [5.41, 5.74) is 5.88. The van der Waals surface area contributed by atoms with Gasteiger partial charge in [0.15, 0.2) is 0 Å². The molecular formula is C16H15N2O5S-. The van der Waals surface area contributed by atoms with Gasteiger partial charge in [0.05, 0.1) is 22.1 Å². The van der Waals surface area contributed by atoms with E-state index in [9.17, 15) is 23.1 Å². The summed E-state index contributed by atoms with van der Waals surface area (Å²) in [6, 6.07) is 8.22. The van der Waals surface area contributed by atoms with Crippen LogP contribution in [0, 0.1) is 13.8 Å². The molecule has 0 bridgehead atoms. The molecule has 0 spiro atoms. The summed E-state index contributed by atoms with van der Waals surface area (Å²) in [6.45, 7) is 3.15. The summed E-state index contributed by atoms with van der Waals surface area (Å²) in [7, 11) is -4.13. The predicted molar refractivity (Wildman–Crippen MR) is 86.0 cm³/mol. The number of carbonyl (C=O) groups is 2. The van der Waals surface area contributed by atoms with E-state index in [2.05, 4.69) is 4.72 Å². The number of carbonyl (C=O) groups excluding carboxylic acids is 2. The Morgan fingerprint density at radius 1 is 1.12 bits per heavy atom. The summed E-state index contributed by atoms with van der Waals surface area (Å²) >= 11 is 0. The third-order valence-electron chi connectivity index (χ3n) is 3.58. The van der Waals surface area contributed by atoms with Gasteiger partial charge >= 0.3 is 0 Å². The van der Waals surface area contributed by atoms with E-state index < -0.39 is 21.9 Å². The van der Waals surface area contributed by atoms with Crippen LogP contribution in [0.3, 0.4) is 0 Å². The number of amides is 1. The van der Waals surface area contributed by atoms with Crippen LogP contribution < -0.4 is 15.6 Å². The van der Waals surface area contributed by atoms with Crippen molar-refractivity contribution >= 4 is 27.6 Å². The molecule has 126 valence electrons. The molecule has 2 rings (SSSR count). The normalized spacial score (nSPS) is 11.1. The fourth-order valence-corrected chi connectivity index (χ4v) is 3.63. The van der Waals surface area contributed by atoms with Crippen molar-refractivity contribution in [1.82, 2.24) is 0 Å². The Kier molecular flexibility index (Phi) is 4.61. The number of carboxylic acids is 1. The second-order valence-electron chi connectivity index (χ2n) is 5.22. The van der Waals surface area contributed by atoms with Gasteiger partial charge in [-0.3, -0.25) is 9.52 Å². The predicted octanol–water partition coefficient (Wildman–Crippen LogP) is 0.567. The van der Waals surface area contributed by atoms with Gasteiger partial charge in [0.2, 0.25) is 0 Å². The lowest BCUT2D eigenvalue weighted by atomic mass is 10.1. The molecular weight excluding hydrogens is 332 g/mol. The highest BCUT2D eigenvalue weighted by Crippen LogP contribution is 2.25. The molecule has 0 aliphatic carbocycles. The molecule has 0 unspecified atom stereocenters. The molecule has 7 nitrogen and oxygen atoms in total. The summed E-state index contributed by atoms with van der Waals surface area (Å²) in [5.74, 6) is -2.27.